The predicted molar refractivity (Wildman–Crippen MR) is 126 cm³/mol. The highest BCUT2D eigenvalue weighted by Crippen LogP contribution is 2.28. The first kappa shape index (κ1) is 22.9. The first-order chi connectivity index (χ1) is 15.6. The SMILES string of the molecule is C=CCOc1ccc(C(=O)N/N=C/c2ccccc2OCc2cccc(Cl)c2)cc1OC. The van der Waals surface area contributed by atoms with Gasteiger partial charge in [-0.05, 0) is 48.0 Å². The molecule has 0 unspecified atom stereocenters. The highest BCUT2D eigenvalue weighted by molar-refractivity contribution is 6.30. The van der Waals surface area contributed by atoms with Crippen LogP contribution in [0.4, 0.5) is 0 Å². The summed E-state index contributed by atoms with van der Waals surface area (Å²) < 4.78 is 16.7. The van der Waals surface area contributed by atoms with Crippen molar-refractivity contribution in [2.45, 2.75) is 6.61 Å². The molecule has 0 saturated heterocycles. The van der Waals surface area contributed by atoms with Gasteiger partial charge in [-0.3, -0.25) is 4.79 Å². The van der Waals surface area contributed by atoms with Gasteiger partial charge in [-0.1, -0.05) is 48.5 Å². The molecule has 0 aliphatic carbocycles. The van der Waals surface area contributed by atoms with E-state index in [1.165, 1.54) is 13.3 Å². The summed E-state index contributed by atoms with van der Waals surface area (Å²) in [5.41, 5.74) is 4.57. The monoisotopic (exact) mass is 450 g/mol. The molecule has 1 N–H and O–H groups in total. The number of hydrogen-bond donors (Lipinski definition) is 1. The zero-order valence-electron chi connectivity index (χ0n) is 17.6. The van der Waals surface area contributed by atoms with E-state index in [9.17, 15) is 4.79 Å². The fraction of sp³-hybridized carbons (Fsp3) is 0.120. The molecule has 3 rings (SSSR count). The van der Waals surface area contributed by atoms with Crippen LogP contribution in [0.1, 0.15) is 21.5 Å². The summed E-state index contributed by atoms with van der Waals surface area (Å²) in [6, 6.07) is 19.8. The van der Waals surface area contributed by atoms with Crippen LogP contribution in [0.5, 0.6) is 17.2 Å². The van der Waals surface area contributed by atoms with Crippen LogP contribution < -0.4 is 19.6 Å². The molecule has 0 saturated carbocycles. The molecule has 0 aliphatic rings. The minimum atomic E-state index is -0.382. The highest BCUT2D eigenvalue weighted by atomic mass is 35.5. The number of hydrazone groups is 1. The summed E-state index contributed by atoms with van der Waals surface area (Å²) >= 11 is 6.02. The van der Waals surface area contributed by atoms with Crippen LogP contribution in [0.15, 0.2) is 84.5 Å². The molecule has 164 valence electrons. The molecule has 7 heteroatoms. The van der Waals surface area contributed by atoms with Crippen molar-refractivity contribution in [3.8, 4) is 17.2 Å². The zero-order chi connectivity index (χ0) is 22.8. The molecule has 0 spiro atoms. The Morgan fingerprint density at radius 2 is 1.88 bits per heavy atom. The number of halogens is 1. The van der Waals surface area contributed by atoms with Crippen LogP contribution in [0.3, 0.4) is 0 Å². The maximum absolute atomic E-state index is 12.5. The third-order valence-corrected chi connectivity index (χ3v) is 4.59. The lowest BCUT2D eigenvalue weighted by molar-refractivity contribution is 0.0954. The summed E-state index contributed by atoms with van der Waals surface area (Å²) in [7, 11) is 1.51. The average molecular weight is 451 g/mol. The smallest absolute Gasteiger partial charge is 0.271 e. The number of ether oxygens (including phenoxy) is 3. The Morgan fingerprint density at radius 1 is 1.03 bits per heavy atom. The summed E-state index contributed by atoms with van der Waals surface area (Å²) in [6.45, 7) is 4.31. The summed E-state index contributed by atoms with van der Waals surface area (Å²) in [5, 5.41) is 4.72. The topological polar surface area (TPSA) is 69.2 Å². The molecule has 0 aromatic heterocycles. The second kappa shape index (κ2) is 11.6. The van der Waals surface area contributed by atoms with Gasteiger partial charge in [0.1, 0.15) is 19.0 Å². The highest BCUT2D eigenvalue weighted by Gasteiger charge is 2.11. The van der Waals surface area contributed by atoms with Crippen molar-refractivity contribution in [2.24, 2.45) is 5.10 Å². The normalized spacial score (nSPS) is 10.6. The van der Waals surface area contributed by atoms with Gasteiger partial charge in [0.05, 0.1) is 13.3 Å². The van der Waals surface area contributed by atoms with Crippen molar-refractivity contribution in [3.63, 3.8) is 0 Å². The van der Waals surface area contributed by atoms with Gasteiger partial charge in [0.15, 0.2) is 11.5 Å². The Balaban J connectivity index is 1.64. The molecule has 0 fully saturated rings. The summed E-state index contributed by atoms with van der Waals surface area (Å²) in [4.78, 5) is 12.5. The number of para-hydroxylation sites is 1. The number of carbonyl (C=O) groups excluding carboxylic acids is 1. The average Bonchev–Trinajstić information content (AvgIpc) is 2.82. The number of rotatable bonds is 10. The Kier molecular flexibility index (Phi) is 8.29. The summed E-state index contributed by atoms with van der Waals surface area (Å²) in [6.07, 6.45) is 3.16. The first-order valence-corrected chi connectivity index (χ1v) is 10.2. The number of carbonyl (C=O) groups is 1. The van der Waals surface area contributed by atoms with Gasteiger partial charge in [0.25, 0.3) is 5.91 Å². The fourth-order valence-corrected chi connectivity index (χ4v) is 3.02. The Labute approximate surface area is 192 Å². The quantitative estimate of drug-likeness (QED) is 0.260. The van der Waals surface area contributed by atoms with Crippen LogP contribution in [0, 0.1) is 0 Å². The maximum Gasteiger partial charge on any atom is 0.271 e. The van der Waals surface area contributed by atoms with Gasteiger partial charge >= 0.3 is 0 Å². The number of methoxy groups -OCH3 is 1. The molecule has 6 nitrogen and oxygen atoms in total. The second-order valence-corrected chi connectivity index (χ2v) is 7.06. The van der Waals surface area contributed by atoms with E-state index in [1.54, 1.807) is 24.3 Å². The van der Waals surface area contributed by atoms with Gasteiger partial charge in [0.2, 0.25) is 0 Å². The van der Waals surface area contributed by atoms with Gasteiger partial charge < -0.3 is 14.2 Å². The number of benzene rings is 3. The van der Waals surface area contributed by atoms with E-state index in [0.717, 1.165) is 11.1 Å². The number of nitrogens with one attached hydrogen (secondary N) is 1. The molecular weight excluding hydrogens is 428 g/mol. The van der Waals surface area contributed by atoms with E-state index >= 15 is 0 Å². The number of hydrogen-bond acceptors (Lipinski definition) is 5. The van der Waals surface area contributed by atoms with E-state index in [4.69, 9.17) is 25.8 Å². The van der Waals surface area contributed by atoms with Crippen LogP contribution in [-0.2, 0) is 6.61 Å². The van der Waals surface area contributed by atoms with Crippen molar-refractivity contribution in [1.29, 1.82) is 0 Å². The molecule has 3 aromatic carbocycles. The Hall–Kier alpha value is -3.77. The lowest BCUT2D eigenvalue weighted by Gasteiger charge is -2.10. The fourth-order valence-electron chi connectivity index (χ4n) is 2.81. The zero-order valence-corrected chi connectivity index (χ0v) is 18.3. The maximum atomic E-state index is 12.5. The van der Waals surface area contributed by atoms with Gasteiger partial charge in [0, 0.05) is 16.1 Å². The Bertz CT molecular complexity index is 1110. The van der Waals surface area contributed by atoms with Crippen LogP contribution >= 0.6 is 11.6 Å². The van der Waals surface area contributed by atoms with E-state index in [-0.39, 0.29) is 5.91 Å². The Morgan fingerprint density at radius 3 is 2.66 bits per heavy atom. The largest absolute Gasteiger partial charge is 0.493 e. The van der Waals surface area contributed by atoms with Crippen molar-refractivity contribution in [3.05, 3.63) is 101 Å². The van der Waals surface area contributed by atoms with Crippen LogP contribution in [-0.4, -0.2) is 25.8 Å². The third kappa shape index (κ3) is 6.36. The van der Waals surface area contributed by atoms with E-state index in [0.29, 0.717) is 41.0 Å². The van der Waals surface area contributed by atoms with Crippen molar-refractivity contribution in [2.75, 3.05) is 13.7 Å². The van der Waals surface area contributed by atoms with Gasteiger partial charge in [-0.15, -0.1) is 0 Å². The van der Waals surface area contributed by atoms with Crippen LogP contribution in [0.2, 0.25) is 5.02 Å². The molecule has 0 atom stereocenters. The molecule has 3 aromatic rings. The molecule has 1 amide bonds. The number of nitrogens with zero attached hydrogens (tertiary/aromatic N) is 1. The molecule has 0 bridgehead atoms. The van der Waals surface area contributed by atoms with Crippen molar-refractivity contribution in [1.82, 2.24) is 5.43 Å². The predicted octanol–water partition coefficient (Wildman–Crippen LogP) is 5.26. The van der Waals surface area contributed by atoms with Gasteiger partial charge in [-0.2, -0.15) is 5.10 Å². The van der Waals surface area contributed by atoms with Crippen molar-refractivity contribution < 1.29 is 19.0 Å². The minimum Gasteiger partial charge on any atom is -0.493 e. The molecular formula is C25H23ClN2O4. The molecule has 0 aliphatic heterocycles. The van der Waals surface area contributed by atoms with Crippen molar-refractivity contribution >= 4 is 23.7 Å². The lowest BCUT2D eigenvalue weighted by atomic mass is 10.2. The van der Waals surface area contributed by atoms with E-state index in [2.05, 4.69) is 17.1 Å². The minimum absolute atomic E-state index is 0.338. The molecule has 0 radical (unpaired) electrons. The van der Waals surface area contributed by atoms with E-state index in [1.807, 2.05) is 48.5 Å². The molecule has 0 heterocycles. The van der Waals surface area contributed by atoms with Crippen LogP contribution in [0.25, 0.3) is 0 Å². The number of amides is 1. The second-order valence-electron chi connectivity index (χ2n) is 6.62. The molecule has 32 heavy (non-hydrogen) atoms. The first-order valence-electron chi connectivity index (χ1n) is 9.82. The van der Waals surface area contributed by atoms with Gasteiger partial charge in [-0.25, -0.2) is 5.43 Å². The standard InChI is InChI=1S/C25H23ClN2O4/c1-3-13-31-23-12-11-19(15-24(23)30-2)25(29)28-27-16-20-8-4-5-10-22(20)32-17-18-7-6-9-21(26)14-18/h3-12,14-16H,1,13,17H2,2H3,(H,28,29)/b27-16+. The lowest BCUT2D eigenvalue weighted by Crippen LogP contribution is -2.17. The third-order valence-electron chi connectivity index (χ3n) is 4.35. The summed E-state index contributed by atoms with van der Waals surface area (Å²) in [5.74, 6) is 1.23. The van der Waals surface area contributed by atoms with E-state index < -0.39 is 0 Å².